The van der Waals surface area contributed by atoms with Gasteiger partial charge in [0.2, 0.25) is 0 Å². The zero-order chi connectivity index (χ0) is 20.2. The SMILES string of the molecule is O=C(NC1CC1)c1ccc(OCC2CCN(C(=O)c3ccc(Cl)cc3)CC2)cc1. The third-order valence-electron chi connectivity index (χ3n) is 5.51. The number of carbonyl (C=O) groups is 2. The van der Waals surface area contributed by atoms with Crippen molar-refractivity contribution < 1.29 is 14.3 Å². The Morgan fingerprint density at radius 1 is 0.931 bits per heavy atom. The van der Waals surface area contributed by atoms with Crippen molar-refractivity contribution in [2.45, 2.75) is 31.7 Å². The Kier molecular flexibility index (Phi) is 6.05. The molecule has 2 aromatic rings. The van der Waals surface area contributed by atoms with Crippen molar-refractivity contribution in [2.24, 2.45) is 5.92 Å². The van der Waals surface area contributed by atoms with E-state index >= 15 is 0 Å². The zero-order valence-corrected chi connectivity index (χ0v) is 17.0. The van der Waals surface area contributed by atoms with Crippen LogP contribution in [-0.2, 0) is 0 Å². The molecule has 6 heteroatoms. The Bertz CT molecular complexity index is 855. The number of likely N-dealkylation sites (tertiary alicyclic amines) is 1. The summed E-state index contributed by atoms with van der Waals surface area (Å²) in [7, 11) is 0. The number of amides is 2. The first-order valence-electron chi connectivity index (χ1n) is 10.2. The maximum atomic E-state index is 12.6. The van der Waals surface area contributed by atoms with Gasteiger partial charge in [-0.1, -0.05) is 11.6 Å². The van der Waals surface area contributed by atoms with E-state index in [0.717, 1.165) is 44.5 Å². The fourth-order valence-electron chi connectivity index (χ4n) is 3.49. The van der Waals surface area contributed by atoms with Crippen LogP contribution in [-0.4, -0.2) is 42.5 Å². The van der Waals surface area contributed by atoms with E-state index in [4.69, 9.17) is 16.3 Å². The highest BCUT2D eigenvalue weighted by Crippen LogP contribution is 2.23. The van der Waals surface area contributed by atoms with Crippen molar-refractivity contribution in [3.63, 3.8) is 0 Å². The van der Waals surface area contributed by atoms with Crippen LogP contribution in [0.15, 0.2) is 48.5 Å². The highest BCUT2D eigenvalue weighted by Gasteiger charge is 2.25. The highest BCUT2D eigenvalue weighted by atomic mass is 35.5. The molecular formula is C23H25ClN2O3. The number of carbonyl (C=O) groups excluding carboxylic acids is 2. The lowest BCUT2D eigenvalue weighted by Gasteiger charge is -2.32. The van der Waals surface area contributed by atoms with Gasteiger partial charge in [0.15, 0.2) is 0 Å². The third kappa shape index (κ3) is 5.30. The molecule has 4 rings (SSSR count). The van der Waals surface area contributed by atoms with Gasteiger partial charge >= 0.3 is 0 Å². The van der Waals surface area contributed by atoms with Gasteiger partial charge in [0.05, 0.1) is 6.61 Å². The van der Waals surface area contributed by atoms with Gasteiger partial charge in [0, 0.05) is 35.3 Å². The van der Waals surface area contributed by atoms with E-state index in [1.807, 2.05) is 17.0 Å². The number of piperidine rings is 1. The smallest absolute Gasteiger partial charge is 0.253 e. The fourth-order valence-corrected chi connectivity index (χ4v) is 3.62. The maximum absolute atomic E-state index is 12.6. The van der Waals surface area contributed by atoms with Crippen LogP contribution in [0.4, 0.5) is 0 Å². The number of nitrogens with one attached hydrogen (secondary N) is 1. The summed E-state index contributed by atoms with van der Waals surface area (Å²) in [6.07, 6.45) is 4.00. The molecule has 5 nitrogen and oxygen atoms in total. The van der Waals surface area contributed by atoms with Crippen LogP contribution < -0.4 is 10.1 Å². The first-order chi connectivity index (χ1) is 14.1. The Balaban J connectivity index is 1.22. The maximum Gasteiger partial charge on any atom is 0.253 e. The molecule has 2 amide bonds. The van der Waals surface area contributed by atoms with E-state index < -0.39 is 0 Å². The van der Waals surface area contributed by atoms with Crippen molar-refractivity contribution in [3.8, 4) is 5.75 Å². The van der Waals surface area contributed by atoms with Crippen molar-refractivity contribution in [2.75, 3.05) is 19.7 Å². The highest BCUT2D eigenvalue weighted by molar-refractivity contribution is 6.30. The van der Waals surface area contributed by atoms with Crippen LogP contribution in [0.1, 0.15) is 46.4 Å². The monoisotopic (exact) mass is 412 g/mol. The molecule has 152 valence electrons. The van der Waals surface area contributed by atoms with Gasteiger partial charge < -0.3 is 15.0 Å². The minimum Gasteiger partial charge on any atom is -0.493 e. The first-order valence-corrected chi connectivity index (χ1v) is 10.5. The molecule has 0 atom stereocenters. The molecule has 0 spiro atoms. The average molecular weight is 413 g/mol. The normalized spacial score (nSPS) is 17.1. The lowest BCUT2D eigenvalue weighted by molar-refractivity contribution is 0.0661. The summed E-state index contributed by atoms with van der Waals surface area (Å²) >= 11 is 5.89. The summed E-state index contributed by atoms with van der Waals surface area (Å²) in [5, 5.41) is 3.62. The number of benzene rings is 2. The molecule has 2 aromatic carbocycles. The summed E-state index contributed by atoms with van der Waals surface area (Å²) in [5.74, 6) is 1.23. The predicted octanol–water partition coefficient (Wildman–Crippen LogP) is 4.16. The van der Waals surface area contributed by atoms with Crippen LogP contribution >= 0.6 is 11.6 Å². The second-order valence-corrected chi connectivity index (χ2v) is 8.26. The van der Waals surface area contributed by atoms with Gasteiger partial charge in [0.25, 0.3) is 11.8 Å². The van der Waals surface area contributed by atoms with Crippen molar-refractivity contribution in [1.82, 2.24) is 10.2 Å². The van der Waals surface area contributed by atoms with Crippen LogP contribution in [0, 0.1) is 5.92 Å². The van der Waals surface area contributed by atoms with Crippen LogP contribution in [0.2, 0.25) is 5.02 Å². The Morgan fingerprint density at radius 2 is 1.55 bits per heavy atom. The standard InChI is InChI=1S/C23H25ClN2O3/c24-19-5-1-18(2-6-19)23(28)26-13-11-16(12-14-26)15-29-21-9-3-17(4-10-21)22(27)25-20-7-8-20/h1-6,9-10,16,20H,7-8,11-15H2,(H,25,27). The Hall–Kier alpha value is -2.53. The van der Waals surface area contributed by atoms with E-state index in [1.54, 1.807) is 36.4 Å². The quantitative estimate of drug-likeness (QED) is 0.774. The summed E-state index contributed by atoms with van der Waals surface area (Å²) < 4.78 is 5.92. The van der Waals surface area contributed by atoms with E-state index in [1.165, 1.54) is 0 Å². The number of nitrogens with zero attached hydrogens (tertiary/aromatic N) is 1. The molecule has 1 saturated heterocycles. The lowest BCUT2D eigenvalue weighted by Crippen LogP contribution is -2.39. The average Bonchev–Trinajstić information content (AvgIpc) is 3.57. The molecule has 29 heavy (non-hydrogen) atoms. The van der Waals surface area contributed by atoms with Gasteiger partial charge in [0.1, 0.15) is 5.75 Å². The number of rotatable bonds is 6. The topological polar surface area (TPSA) is 58.6 Å². The largest absolute Gasteiger partial charge is 0.493 e. The number of ether oxygens (including phenoxy) is 1. The Labute approximate surface area is 176 Å². The summed E-state index contributed by atoms with van der Waals surface area (Å²) in [6.45, 7) is 2.09. The second kappa shape index (κ2) is 8.87. The third-order valence-corrected chi connectivity index (χ3v) is 5.76. The van der Waals surface area contributed by atoms with Crippen molar-refractivity contribution >= 4 is 23.4 Å². The molecule has 0 unspecified atom stereocenters. The molecule has 2 aliphatic rings. The van der Waals surface area contributed by atoms with Crippen LogP contribution in [0.3, 0.4) is 0 Å². The number of hydrogen-bond donors (Lipinski definition) is 1. The molecule has 1 N–H and O–H groups in total. The molecule has 0 bridgehead atoms. The van der Waals surface area contributed by atoms with E-state index in [2.05, 4.69) is 5.32 Å². The van der Waals surface area contributed by atoms with Gasteiger partial charge in [-0.3, -0.25) is 9.59 Å². The summed E-state index contributed by atoms with van der Waals surface area (Å²) in [4.78, 5) is 26.5. The Morgan fingerprint density at radius 3 is 2.17 bits per heavy atom. The van der Waals surface area contributed by atoms with Gasteiger partial charge in [-0.15, -0.1) is 0 Å². The van der Waals surface area contributed by atoms with Crippen molar-refractivity contribution in [3.05, 3.63) is 64.7 Å². The van der Waals surface area contributed by atoms with Gasteiger partial charge in [-0.2, -0.15) is 0 Å². The molecule has 1 saturated carbocycles. The summed E-state index contributed by atoms with van der Waals surface area (Å²) in [6, 6.07) is 14.7. The van der Waals surface area contributed by atoms with E-state index in [0.29, 0.717) is 34.7 Å². The second-order valence-electron chi connectivity index (χ2n) is 7.83. The van der Waals surface area contributed by atoms with Crippen molar-refractivity contribution in [1.29, 1.82) is 0 Å². The zero-order valence-electron chi connectivity index (χ0n) is 16.3. The van der Waals surface area contributed by atoms with Gasteiger partial charge in [-0.05, 0) is 80.1 Å². The number of halogens is 1. The molecule has 2 fully saturated rings. The molecule has 0 radical (unpaired) electrons. The number of hydrogen-bond acceptors (Lipinski definition) is 3. The molecule has 1 aliphatic carbocycles. The molecule has 1 heterocycles. The molecule has 1 aliphatic heterocycles. The predicted molar refractivity (Wildman–Crippen MR) is 113 cm³/mol. The minimum atomic E-state index is -0.0169. The molecular weight excluding hydrogens is 388 g/mol. The fraction of sp³-hybridized carbons (Fsp3) is 0.391. The van der Waals surface area contributed by atoms with Gasteiger partial charge in [-0.25, -0.2) is 0 Å². The van der Waals surface area contributed by atoms with Crippen LogP contribution in [0.25, 0.3) is 0 Å². The first kappa shape index (κ1) is 19.8. The summed E-state index contributed by atoms with van der Waals surface area (Å²) in [5.41, 5.74) is 1.34. The lowest BCUT2D eigenvalue weighted by atomic mass is 9.97. The van der Waals surface area contributed by atoms with E-state index in [9.17, 15) is 9.59 Å². The van der Waals surface area contributed by atoms with E-state index in [-0.39, 0.29) is 11.8 Å². The van der Waals surface area contributed by atoms with Crippen LogP contribution in [0.5, 0.6) is 5.75 Å². The minimum absolute atomic E-state index is 0.0169. The molecule has 0 aromatic heterocycles.